The highest BCUT2D eigenvalue weighted by molar-refractivity contribution is 5.85. The predicted octanol–water partition coefficient (Wildman–Crippen LogP) is 2.85. The summed E-state index contributed by atoms with van der Waals surface area (Å²) < 4.78 is 11.0. The number of amides is 1. The van der Waals surface area contributed by atoms with Gasteiger partial charge in [0.2, 0.25) is 5.91 Å². The first kappa shape index (κ1) is 21.3. The molecule has 1 amide bonds. The molecule has 0 atom stereocenters. The van der Waals surface area contributed by atoms with Gasteiger partial charge in [-0.15, -0.1) is 12.4 Å². The van der Waals surface area contributed by atoms with Crippen molar-refractivity contribution >= 4 is 29.3 Å². The number of hydrogen-bond acceptors (Lipinski definition) is 5. The van der Waals surface area contributed by atoms with Crippen molar-refractivity contribution in [1.29, 1.82) is 0 Å². The molecule has 3 rings (SSSR count). The van der Waals surface area contributed by atoms with Crippen LogP contribution in [0.5, 0.6) is 5.75 Å². The summed E-state index contributed by atoms with van der Waals surface area (Å²) >= 11 is 0. The first-order chi connectivity index (χ1) is 12.5. The molecule has 1 aliphatic heterocycles. The van der Waals surface area contributed by atoms with Gasteiger partial charge in [-0.1, -0.05) is 0 Å². The molecule has 1 fully saturated rings. The highest BCUT2D eigenvalue weighted by atomic mass is 35.5. The third-order valence-electron chi connectivity index (χ3n) is 4.83. The summed E-state index contributed by atoms with van der Waals surface area (Å²) in [5.74, 6) is 0.995. The Bertz CT molecular complexity index is 828. The highest BCUT2D eigenvalue weighted by Gasteiger charge is 2.18. The standard InChI is InChI=1S/C20H26N2O4.ClH/c1-15-13-20(24)26-18-7-6-16(14-17(15)18)25-12-4-3-5-19(23)22-10-8-21(2)9-11-22;/h6-7,13-14H,3-5,8-12H2,1-2H3;1H. The van der Waals surface area contributed by atoms with Crippen molar-refractivity contribution in [3.8, 4) is 5.75 Å². The van der Waals surface area contributed by atoms with Crippen LogP contribution in [-0.2, 0) is 4.79 Å². The second-order valence-corrected chi connectivity index (χ2v) is 6.90. The number of nitrogens with zero attached hydrogens (tertiary/aromatic N) is 2. The van der Waals surface area contributed by atoms with Crippen LogP contribution >= 0.6 is 12.4 Å². The molecule has 1 aliphatic rings. The lowest BCUT2D eigenvalue weighted by atomic mass is 10.1. The van der Waals surface area contributed by atoms with Gasteiger partial charge in [-0.05, 0) is 50.6 Å². The van der Waals surface area contributed by atoms with E-state index < -0.39 is 0 Å². The van der Waals surface area contributed by atoms with E-state index in [2.05, 4.69) is 11.9 Å². The number of carbonyl (C=O) groups excluding carboxylic acids is 1. The first-order valence-electron chi connectivity index (χ1n) is 9.16. The van der Waals surface area contributed by atoms with Crippen LogP contribution in [0.4, 0.5) is 0 Å². The maximum absolute atomic E-state index is 12.2. The second kappa shape index (κ2) is 9.76. The number of carbonyl (C=O) groups is 1. The van der Waals surface area contributed by atoms with E-state index in [0.717, 1.165) is 55.7 Å². The number of aryl methyl sites for hydroxylation is 1. The van der Waals surface area contributed by atoms with Gasteiger partial charge in [0, 0.05) is 44.1 Å². The molecular formula is C20H27ClN2O4. The van der Waals surface area contributed by atoms with Crippen molar-refractivity contribution in [2.24, 2.45) is 0 Å². The van der Waals surface area contributed by atoms with E-state index in [0.29, 0.717) is 18.6 Å². The fraction of sp³-hybridized carbons (Fsp3) is 0.500. The number of piperazine rings is 1. The van der Waals surface area contributed by atoms with Crippen molar-refractivity contribution in [3.63, 3.8) is 0 Å². The van der Waals surface area contributed by atoms with Crippen LogP contribution in [0.3, 0.4) is 0 Å². The van der Waals surface area contributed by atoms with Gasteiger partial charge in [0.15, 0.2) is 0 Å². The molecule has 148 valence electrons. The average Bonchev–Trinajstić information content (AvgIpc) is 2.62. The van der Waals surface area contributed by atoms with Gasteiger partial charge in [-0.25, -0.2) is 4.79 Å². The van der Waals surface area contributed by atoms with E-state index >= 15 is 0 Å². The number of ether oxygens (including phenoxy) is 1. The molecule has 0 bridgehead atoms. The molecular weight excluding hydrogens is 368 g/mol. The first-order valence-corrected chi connectivity index (χ1v) is 9.16. The van der Waals surface area contributed by atoms with E-state index in [4.69, 9.17) is 9.15 Å². The Morgan fingerprint density at radius 2 is 1.89 bits per heavy atom. The second-order valence-electron chi connectivity index (χ2n) is 6.90. The summed E-state index contributed by atoms with van der Waals surface area (Å²) in [4.78, 5) is 27.8. The van der Waals surface area contributed by atoms with Gasteiger partial charge in [-0.3, -0.25) is 4.79 Å². The van der Waals surface area contributed by atoms with Crippen LogP contribution in [0.15, 0.2) is 33.5 Å². The predicted molar refractivity (Wildman–Crippen MR) is 108 cm³/mol. The molecule has 1 aromatic carbocycles. The van der Waals surface area contributed by atoms with E-state index in [1.165, 1.54) is 6.07 Å². The topological polar surface area (TPSA) is 63.0 Å². The van der Waals surface area contributed by atoms with Gasteiger partial charge < -0.3 is 19.0 Å². The van der Waals surface area contributed by atoms with Crippen LogP contribution in [0.2, 0.25) is 0 Å². The summed E-state index contributed by atoms with van der Waals surface area (Å²) in [7, 11) is 2.08. The van der Waals surface area contributed by atoms with Crippen molar-refractivity contribution in [2.45, 2.75) is 26.2 Å². The quantitative estimate of drug-likeness (QED) is 0.557. The highest BCUT2D eigenvalue weighted by Crippen LogP contribution is 2.22. The molecule has 2 aromatic rings. The number of benzene rings is 1. The Labute approximate surface area is 165 Å². The van der Waals surface area contributed by atoms with Gasteiger partial charge in [-0.2, -0.15) is 0 Å². The zero-order valence-electron chi connectivity index (χ0n) is 15.9. The Hall–Kier alpha value is -2.05. The Balaban J connectivity index is 0.00000261. The minimum atomic E-state index is -0.339. The van der Waals surface area contributed by atoms with Crippen molar-refractivity contribution in [3.05, 3.63) is 40.2 Å². The molecule has 1 aromatic heterocycles. The summed E-state index contributed by atoms with van der Waals surface area (Å²) in [6, 6.07) is 6.94. The molecule has 27 heavy (non-hydrogen) atoms. The molecule has 0 saturated carbocycles. The number of fused-ring (bicyclic) bond motifs is 1. The fourth-order valence-corrected chi connectivity index (χ4v) is 3.17. The summed E-state index contributed by atoms with van der Waals surface area (Å²) in [6.07, 6.45) is 2.24. The molecule has 6 nitrogen and oxygen atoms in total. The molecule has 2 heterocycles. The van der Waals surface area contributed by atoms with E-state index in [-0.39, 0.29) is 23.9 Å². The van der Waals surface area contributed by atoms with Crippen molar-refractivity contribution < 1.29 is 13.9 Å². The molecule has 0 radical (unpaired) electrons. The van der Waals surface area contributed by atoms with E-state index in [9.17, 15) is 9.59 Å². The van der Waals surface area contributed by atoms with Gasteiger partial charge in [0.05, 0.1) is 6.61 Å². The van der Waals surface area contributed by atoms with E-state index in [1.807, 2.05) is 17.9 Å². The van der Waals surface area contributed by atoms with Gasteiger partial charge in [0.1, 0.15) is 11.3 Å². The summed E-state index contributed by atoms with van der Waals surface area (Å²) in [5.41, 5.74) is 1.10. The zero-order valence-corrected chi connectivity index (χ0v) is 16.7. The third kappa shape index (κ3) is 5.71. The zero-order chi connectivity index (χ0) is 18.5. The monoisotopic (exact) mass is 394 g/mol. The maximum atomic E-state index is 12.2. The molecule has 7 heteroatoms. The number of rotatable bonds is 6. The summed E-state index contributed by atoms with van der Waals surface area (Å²) in [6.45, 7) is 6.02. The molecule has 0 unspecified atom stereocenters. The molecule has 0 aliphatic carbocycles. The Morgan fingerprint density at radius 1 is 1.15 bits per heavy atom. The number of hydrogen-bond donors (Lipinski definition) is 0. The third-order valence-corrected chi connectivity index (χ3v) is 4.83. The maximum Gasteiger partial charge on any atom is 0.336 e. The average molecular weight is 395 g/mol. The van der Waals surface area contributed by atoms with Crippen molar-refractivity contribution in [2.75, 3.05) is 39.8 Å². The van der Waals surface area contributed by atoms with Crippen LogP contribution in [-0.4, -0.2) is 55.5 Å². The molecule has 0 N–H and O–H groups in total. The minimum absolute atomic E-state index is 0. The minimum Gasteiger partial charge on any atom is -0.494 e. The molecule has 1 saturated heterocycles. The number of unbranched alkanes of at least 4 members (excludes halogenated alkanes) is 1. The van der Waals surface area contributed by atoms with E-state index in [1.54, 1.807) is 12.1 Å². The van der Waals surface area contributed by atoms with Crippen LogP contribution in [0.25, 0.3) is 11.0 Å². The number of likely N-dealkylation sites (N-methyl/N-ethyl adjacent to an activating group) is 1. The lowest BCUT2D eigenvalue weighted by molar-refractivity contribution is -0.132. The Morgan fingerprint density at radius 3 is 2.63 bits per heavy atom. The van der Waals surface area contributed by atoms with Gasteiger partial charge in [0.25, 0.3) is 0 Å². The smallest absolute Gasteiger partial charge is 0.336 e. The Kier molecular flexibility index (Phi) is 7.68. The van der Waals surface area contributed by atoms with Crippen LogP contribution < -0.4 is 10.4 Å². The SMILES string of the molecule is Cc1cc(=O)oc2ccc(OCCCCC(=O)N3CCN(C)CC3)cc12.Cl. The fourth-order valence-electron chi connectivity index (χ4n) is 3.17. The lowest BCUT2D eigenvalue weighted by Gasteiger charge is -2.32. The van der Waals surface area contributed by atoms with Crippen LogP contribution in [0.1, 0.15) is 24.8 Å². The van der Waals surface area contributed by atoms with Crippen molar-refractivity contribution in [1.82, 2.24) is 9.80 Å². The van der Waals surface area contributed by atoms with Gasteiger partial charge >= 0.3 is 5.63 Å². The normalized spacial score (nSPS) is 14.8. The van der Waals surface area contributed by atoms with Crippen LogP contribution in [0, 0.1) is 6.92 Å². The summed E-state index contributed by atoms with van der Waals surface area (Å²) in [5, 5.41) is 0.882. The number of halogens is 1. The lowest BCUT2D eigenvalue weighted by Crippen LogP contribution is -2.47. The molecule has 0 spiro atoms. The largest absolute Gasteiger partial charge is 0.494 e.